The van der Waals surface area contributed by atoms with E-state index >= 15 is 0 Å². The Hall–Kier alpha value is -1.32. The Morgan fingerprint density at radius 3 is 2.52 bits per heavy atom. The molecule has 2 nitrogen and oxygen atoms in total. The molecule has 0 saturated carbocycles. The summed E-state index contributed by atoms with van der Waals surface area (Å²) in [6.07, 6.45) is 0.958. The predicted molar refractivity (Wildman–Crippen MR) is 92.1 cm³/mol. The van der Waals surface area contributed by atoms with E-state index in [9.17, 15) is 0 Å². The third-order valence-corrected chi connectivity index (χ3v) is 4.37. The average Bonchev–Trinajstić information content (AvgIpc) is 2.52. The van der Waals surface area contributed by atoms with Crippen LogP contribution in [0.5, 0.6) is 5.75 Å². The van der Waals surface area contributed by atoms with Crippen LogP contribution in [0.2, 0.25) is 0 Å². The molecule has 0 amide bonds. The first kappa shape index (κ1) is 16.1. The van der Waals surface area contributed by atoms with Gasteiger partial charge in [-0.05, 0) is 36.2 Å². The summed E-state index contributed by atoms with van der Waals surface area (Å²) in [5.41, 5.74) is 2.59. The second-order valence-electron chi connectivity index (χ2n) is 5.04. The first-order valence-electron chi connectivity index (χ1n) is 7.33. The van der Waals surface area contributed by atoms with Gasteiger partial charge in [-0.1, -0.05) is 59.3 Å². The van der Waals surface area contributed by atoms with Crippen molar-refractivity contribution < 1.29 is 4.74 Å². The summed E-state index contributed by atoms with van der Waals surface area (Å²) in [5.74, 6) is 1.38. The molecule has 0 fully saturated rings. The number of hydrogen-bond donors (Lipinski definition) is 1. The maximum absolute atomic E-state index is 5.48. The van der Waals surface area contributed by atoms with Crippen LogP contribution in [0.15, 0.2) is 53.0 Å². The van der Waals surface area contributed by atoms with Gasteiger partial charge in [0, 0.05) is 16.9 Å². The summed E-state index contributed by atoms with van der Waals surface area (Å²) in [5, 5.41) is 3.47. The lowest BCUT2D eigenvalue weighted by atomic mass is 9.91. The lowest BCUT2D eigenvalue weighted by molar-refractivity contribution is 0.407. The monoisotopic (exact) mass is 347 g/mol. The molecule has 0 aliphatic carbocycles. The Bertz CT molecular complexity index is 571. The molecule has 3 heteroatoms. The molecule has 1 N–H and O–H groups in total. The summed E-state index contributed by atoms with van der Waals surface area (Å²) in [7, 11) is 1.73. The van der Waals surface area contributed by atoms with Crippen LogP contribution >= 0.6 is 15.9 Å². The van der Waals surface area contributed by atoms with Gasteiger partial charge in [-0.3, -0.25) is 0 Å². The molecule has 0 spiro atoms. The molecule has 2 aromatic carbocycles. The molecule has 21 heavy (non-hydrogen) atoms. The Balaban J connectivity index is 2.26. The molecule has 0 radical (unpaired) electrons. The van der Waals surface area contributed by atoms with E-state index in [4.69, 9.17) is 4.74 Å². The minimum Gasteiger partial charge on any atom is -0.496 e. The van der Waals surface area contributed by atoms with Crippen LogP contribution < -0.4 is 10.1 Å². The summed E-state index contributed by atoms with van der Waals surface area (Å²) in [4.78, 5) is 0. The van der Waals surface area contributed by atoms with Gasteiger partial charge >= 0.3 is 0 Å². The van der Waals surface area contributed by atoms with Gasteiger partial charge in [0.05, 0.1) is 7.11 Å². The molecular formula is C18H22BrNO. The second-order valence-corrected chi connectivity index (χ2v) is 5.90. The number of methoxy groups -OCH3 is 1. The largest absolute Gasteiger partial charge is 0.496 e. The Morgan fingerprint density at radius 2 is 1.81 bits per heavy atom. The summed E-state index contributed by atoms with van der Waals surface area (Å²) in [6.45, 7) is 4.07. The average molecular weight is 348 g/mol. The minimum absolute atomic E-state index is 0.414. The van der Waals surface area contributed by atoms with Crippen LogP contribution in [0.1, 0.15) is 24.0 Å². The molecule has 0 aromatic heterocycles. The number of rotatable bonds is 7. The van der Waals surface area contributed by atoms with E-state index in [0.717, 1.165) is 25.3 Å². The molecule has 1 atom stereocenters. The fourth-order valence-electron chi connectivity index (χ4n) is 2.55. The van der Waals surface area contributed by atoms with Gasteiger partial charge in [-0.25, -0.2) is 0 Å². The highest BCUT2D eigenvalue weighted by Crippen LogP contribution is 2.30. The zero-order valence-electron chi connectivity index (χ0n) is 12.6. The van der Waals surface area contributed by atoms with E-state index in [2.05, 4.69) is 64.6 Å². The molecule has 1 unspecified atom stereocenters. The van der Waals surface area contributed by atoms with Crippen LogP contribution in [0.3, 0.4) is 0 Å². The molecule has 112 valence electrons. The van der Waals surface area contributed by atoms with E-state index < -0.39 is 0 Å². The normalized spacial score (nSPS) is 12.1. The zero-order valence-corrected chi connectivity index (χ0v) is 14.2. The van der Waals surface area contributed by atoms with Crippen LogP contribution in [0, 0.1) is 0 Å². The van der Waals surface area contributed by atoms with Crippen molar-refractivity contribution >= 4 is 15.9 Å². The molecule has 0 bridgehead atoms. The van der Waals surface area contributed by atoms with Crippen molar-refractivity contribution in [2.45, 2.75) is 19.3 Å². The Morgan fingerprint density at radius 1 is 1.10 bits per heavy atom. The van der Waals surface area contributed by atoms with Crippen LogP contribution in [0.25, 0.3) is 0 Å². The van der Waals surface area contributed by atoms with Gasteiger partial charge in [-0.15, -0.1) is 0 Å². The van der Waals surface area contributed by atoms with Crippen LogP contribution in [-0.2, 0) is 6.42 Å². The van der Waals surface area contributed by atoms with E-state index in [0.29, 0.717) is 5.92 Å². The Labute approximate surface area is 135 Å². The number of likely N-dealkylation sites (N-methyl/N-ethyl adjacent to an activating group) is 1. The molecule has 0 saturated heterocycles. The van der Waals surface area contributed by atoms with Crippen molar-refractivity contribution in [1.82, 2.24) is 5.32 Å². The highest BCUT2D eigenvalue weighted by Gasteiger charge is 2.16. The lowest BCUT2D eigenvalue weighted by Gasteiger charge is -2.20. The van der Waals surface area contributed by atoms with Crippen molar-refractivity contribution in [1.29, 1.82) is 0 Å². The van der Waals surface area contributed by atoms with E-state index in [1.807, 2.05) is 12.1 Å². The van der Waals surface area contributed by atoms with E-state index in [-0.39, 0.29) is 0 Å². The van der Waals surface area contributed by atoms with Crippen LogP contribution in [0.4, 0.5) is 0 Å². The number of hydrogen-bond acceptors (Lipinski definition) is 2. The first-order chi connectivity index (χ1) is 10.3. The SMILES string of the molecule is CCNCC(Cc1ccccc1OC)c1ccccc1Br. The van der Waals surface area contributed by atoms with Crippen LogP contribution in [-0.4, -0.2) is 20.2 Å². The van der Waals surface area contributed by atoms with Crippen molar-refractivity contribution in [3.05, 3.63) is 64.1 Å². The smallest absolute Gasteiger partial charge is 0.122 e. The summed E-state index contributed by atoms with van der Waals surface area (Å²) >= 11 is 3.68. The highest BCUT2D eigenvalue weighted by atomic mass is 79.9. The summed E-state index contributed by atoms with van der Waals surface area (Å²) < 4.78 is 6.65. The number of ether oxygens (including phenoxy) is 1. The first-order valence-corrected chi connectivity index (χ1v) is 8.12. The van der Waals surface area contributed by atoms with Crippen molar-refractivity contribution in [2.75, 3.05) is 20.2 Å². The highest BCUT2D eigenvalue weighted by molar-refractivity contribution is 9.10. The van der Waals surface area contributed by atoms with Gasteiger partial charge in [0.25, 0.3) is 0 Å². The number of para-hydroxylation sites is 1. The van der Waals surface area contributed by atoms with Gasteiger partial charge in [-0.2, -0.15) is 0 Å². The number of benzene rings is 2. The van der Waals surface area contributed by atoms with Crippen molar-refractivity contribution in [3.63, 3.8) is 0 Å². The topological polar surface area (TPSA) is 21.3 Å². The predicted octanol–water partition coefficient (Wildman–Crippen LogP) is 4.39. The number of nitrogens with one attached hydrogen (secondary N) is 1. The minimum atomic E-state index is 0.414. The molecule has 2 rings (SSSR count). The van der Waals surface area contributed by atoms with E-state index in [1.165, 1.54) is 15.6 Å². The summed E-state index contributed by atoms with van der Waals surface area (Å²) in [6, 6.07) is 16.7. The van der Waals surface area contributed by atoms with Gasteiger partial charge in [0.1, 0.15) is 5.75 Å². The van der Waals surface area contributed by atoms with Gasteiger partial charge < -0.3 is 10.1 Å². The van der Waals surface area contributed by atoms with Gasteiger partial charge in [0.15, 0.2) is 0 Å². The maximum Gasteiger partial charge on any atom is 0.122 e. The molecular weight excluding hydrogens is 326 g/mol. The molecule has 2 aromatic rings. The fourth-order valence-corrected chi connectivity index (χ4v) is 3.16. The lowest BCUT2D eigenvalue weighted by Crippen LogP contribution is -2.23. The third-order valence-electron chi connectivity index (χ3n) is 3.64. The molecule has 0 aliphatic heterocycles. The second kappa shape index (κ2) is 8.20. The maximum atomic E-state index is 5.48. The van der Waals surface area contributed by atoms with E-state index in [1.54, 1.807) is 7.11 Å². The fraction of sp³-hybridized carbons (Fsp3) is 0.333. The zero-order chi connectivity index (χ0) is 15.1. The molecule has 0 aliphatic rings. The van der Waals surface area contributed by atoms with Crippen molar-refractivity contribution in [2.24, 2.45) is 0 Å². The third kappa shape index (κ3) is 4.32. The Kier molecular flexibility index (Phi) is 6.27. The molecule has 0 heterocycles. The number of halogens is 1. The van der Waals surface area contributed by atoms with Gasteiger partial charge in [0.2, 0.25) is 0 Å². The standard InChI is InChI=1S/C18H22BrNO/c1-3-20-13-15(16-9-5-6-10-17(16)19)12-14-8-4-7-11-18(14)21-2/h4-11,15,20H,3,12-13H2,1-2H3. The van der Waals surface area contributed by atoms with Crippen molar-refractivity contribution in [3.8, 4) is 5.75 Å². The quantitative estimate of drug-likeness (QED) is 0.801.